The number of halogens is 2. The molecule has 1 N–H and O–H groups in total. The van der Waals surface area contributed by atoms with E-state index in [1.165, 1.54) is 0 Å². The van der Waals surface area contributed by atoms with E-state index in [0.717, 1.165) is 34.3 Å². The van der Waals surface area contributed by atoms with Gasteiger partial charge in [0.15, 0.2) is 0 Å². The number of carbonyl (C=O) groups is 1. The van der Waals surface area contributed by atoms with E-state index in [1.807, 2.05) is 19.9 Å². The van der Waals surface area contributed by atoms with Crippen LogP contribution in [0.5, 0.6) is 0 Å². The van der Waals surface area contributed by atoms with Crippen LogP contribution in [0, 0.1) is 6.92 Å². The molecule has 0 spiro atoms. The van der Waals surface area contributed by atoms with Crippen molar-refractivity contribution in [2.75, 3.05) is 11.1 Å². The highest BCUT2D eigenvalue weighted by Gasteiger charge is 2.37. The first kappa shape index (κ1) is 14.2. The van der Waals surface area contributed by atoms with Gasteiger partial charge in [-0.1, -0.05) is 11.6 Å². The van der Waals surface area contributed by atoms with Gasteiger partial charge >= 0.3 is 0 Å². The molecule has 18 heavy (non-hydrogen) atoms. The minimum atomic E-state index is -0.309. The number of hydrogen-bond acceptors (Lipinski definition) is 2. The van der Waals surface area contributed by atoms with Gasteiger partial charge in [0, 0.05) is 9.50 Å². The van der Waals surface area contributed by atoms with Gasteiger partial charge in [0.2, 0.25) is 5.91 Å². The summed E-state index contributed by atoms with van der Waals surface area (Å²) in [5, 5.41) is 3.63. The number of aryl methyl sites for hydroxylation is 1. The maximum atomic E-state index is 12.3. The van der Waals surface area contributed by atoms with Crippen LogP contribution < -0.4 is 5.32 Å². The van der Waals surface area contributed by atoms with Crippen LogP contribution in [-0.4, -0.2) is 16.4 Å². The second-order valence-electron chi connectivity index (χ2n) is 4.72. The highest BCUT2D eigenvalue weighted by Crippen LogP contribution is 2.39. The fraction of sp³-hybridized carbons (Fsp3) is 0.462. The molecule has 1 aromatic carbocycles. The molecule has 1 aromatic rings. The van der Waals surface area contributed by atoms with Crippen LogP contribution in [0.4, 0.5) is 5.69 Å². The van der Waals surface area contributed by atoms with E-state index < -0.39 is 0 Å². The molecule has 98 valence electrons. The second-order valence-corrected chi connectivity index (χ2v) is 7.58. The predicted octanol–water partition coefficient (Wildman–Crippen LogP) is 4.64. The van der Waals surface area contributed by atoms with Crippen molar-refractivity contribution >= 4 is 50.9 Å². The normalized spacial score (nSPS) is 23.1. The summed E-state index contributed by atoms with van der Waals surface area (Å²) >= 11 is 11.3. The van der Waals surface area contributed by atoms with Crippen molar-refractivity contribution in [2.24, 2.45) is 0 Å². The second kappa shape index (κ2) is 5.43. The quantitative estimate of drug-likeness (QED) is 0.844. The number of anilines is 1. The molecule has 1 aliphatic rings. The van der Waals surface area contributed by atoms with E-state index >= 15 is 0 Å². The van der Waals surface area contributed by atoms with E-state index in [0.29, 0.717) is 5.02 Å². The molecular weight excluding hydrogens is 334 g/mol. The van der Waals surface area contributed by atoms with Crippen molar-refractivity contribution in [3.8, 4) is 0 Å². The molecule has 0 aliphatic carbocycles. The van der Waals surface area contributed by atoms with Gasteiger partial charge in [-0.05, 0) is 66.1 Å². The zero-order chi connectivity index (χ0) is 13.3. The van der Waals surface area contributed by atoms with E-state index in [1.54, 1.807) is 17.8 Å². The van der Waals surface area contributed by atoms with Crippen LogP contribution >= 0.6 is 39.3 Å². The van der Waals surface area contributed by atoms with Gasteiger partial charge in [-0.25, -0.2) is 0 Å². The lowest BCUT2D eigenvalue weighted by atomic mass is 10.0. The molecule has 2 nitrogen and oxygen atoms in total. The van der Waals surface area contributed by atoms with Crippen LogP contribution in [0.3, 0.4) is 0 Å². The van der Waals surface area contributed by atoms with E-state index in [2.05, 4.69) is 21.2 Å². The highest BCUT2D eigenvalue weighted by atomic mass is 79.9. The Morgan fingerprint density at radius 1 is 1.56 bits per heavy atom. The summed E-state index contributed by atoms with van der Waals surface area (Å²) in [6.07, 6.45) is 2.03. The molecule has 1 atom stereocenters. The maximum Gasteiger partial charge on any atom is 0.240 e. The van der Waals surface area contributed by atoms with E-state index in [-0.39, 0.29) is 10.7 Å². The Balaban J connectivity index is 2.19. The molecule has 2 rings (SSSR count). The summed E-state index contributed by atoms with van der Waals surface area (Å²) in [5.41, 5.74) is 1.73. The third-order valence-electron chi connectivity index (χ3n) is 3.20. The van der Waals surface area contributed by atoms with Gasteiger partial charge in [0.1, 0.15) is 0 Å². The number of amides is 1. The average molecular weight is 349 g/mol. The van der Waals surface area contributed by atoms with Crippen molar-refractivity contribution in [1.82, 2.24) is 0 Å². The first-order chi connectivity index (χ1) is 8.42. The van der Waals surface area contributed by atoms with Crippen molar-refractivity contribution in [3.63, 3.8) is 0 Å². The minimum Gasteiger partial charge on any atom is -0.324 e. The van der Waals surface area contributed by atoms with Gasteiger partial charge in [0.25, 0.3) is 0 Å². The predicted molar refractivity (Wildman–Crippen MR) is 82.6 cm³/mol. The van der Waals surface area contributed by atoms with Crippen LogP contribution in [0.15, 0.2) is 16.6 Å². The Morgan fingerprint density at radius 3 is 2.89 bits per heavy atom. The molecule has 0 saturated carbocycles. The largest absolute Gasteiger partial charge is 0.324 e. The van der Waals surface area contributed by atoms with Crippen LogP contribution in [0.2, 0.25) is 5.02 Å². The summed E-state index contributed by atoms with van der Waals surface area (Å²) in [6, 6.07) is 3.71. The van der Waals surface area contributed by atoms with Gasteiger partial charge in [-0.15, -0.1) is 11.8 Å². The van der Waals surface area contributed by atoms with Gasteiger partial charge < -0.3 is 5.32 Å². The van der Waals surface area contributed by atoms with Gasteiger partial charge in [-0.3, -0.25) is 4.79 Å². The third kappa shape index (κ3) is 2.86. The van der Waals surface area contributed by atoms with Gasteiger partial charge in [0.05, 0.1) is 10.4 Å². The number of nitrogens with one attached hydrogen (secondary N) is 1. The molecule has 1 heterocycles. The number of thioether (sulfide) groups is 1. The van der Waals surface area contributed by atoms with Crippen LogP contribution in [-0.2, 0) is 4.79 Å². The lowest BCUT2D eigenvalue weighted by Crippen LogP contribution is -2.34. The number of carbonyl (C=O) groups excluding carboxylic acids is 1. The van der Waals surface area contributed by atoms with Gasteiger partial charge in [-0.2, -0.15) is 0 Å². The highest BCUT2D eigenvalue weighted by molar-refractivity contribution is 9.10. The lowest BCUT2D eigenvalue weighted by Gasteiger charge is -2.22. The monoisotopic (exact) mass is 347 g/mol. The number of hydrogen-bond donors (Lipinski definition) is 1. The summed E-state index contributed by atoms with van der Waals surface area (Å²) < 4.78 is 0.556. The number of rotatable bonds is 2. The summed E-state index contributed by atoms with van der Waals surface area (Å²) in [7, 11) is 0. The summed E-state index contributed by atoms with van der Waals surface area (Å²) in [5.74, 6) is 1.12. The summed E-state index contributed by atoms with van der Waals surface area (Å²) in [6.45, 7) is 3.94. The third-order valence-corrected chi connectivity index (χ3v) is 5.78. The molecule has 0 bridgehead atoms. The van der Waals surface area contributed by atoms with E-state index in [9.17, 15) is 4.79 Å². The van der Waals surface area contributed by atoms with Crippen molar-refractivity contribution < 1.29 is 4.79 Å². The van der Waals surface area contributed by atoms with Crippen molar-refractivity contribution in [2.45, 2.75) is 31.4 Å². The van der Waals surface area contributed by atoms with E-state index in [4.69, 9.17) is 11.6 Å². The maximum absolute atomic E-state index is 12.3. The smallest absolute Gasteiger partial charge is 0.240 e. The molecule has 1 fully saturated rings. The fourth-order valence-electron chi connectivity index (χ4n) is 1.95. The standard InChI is InChI=1S/C13H15BrClNOS/c1-8-6-9(14)11(7-10(8)15)16-12(17)13(2)4-3-5-18-13/h6-7H,3-5H2,1-2H3,(H,16,17). The molecule has 1 unspecified atom stereocenters. The lowest BCUT2D eigenvalue weighted by molar-refractivity contribution is -0.118. The Kier molecular flexibility index (Phi) is 4.29. The Morgan fingerprint density at radius 2 is 2.28 bits per heavy atom. The minimum absolute atomic E-state index is 0.0608. The molecule has 1 saturated heterocycles. The Hall–Kier alpha value is -0.190. The van der Waals surface area contributed by atoms with Crippen LogP contribution in [0.1, 0.15) is 25.3 Å². The van der Waals surface area contributed by atoms with Crippen molar-refractivity contribution in [1.29, 1.82) is 0 Å². The fourth-order valence-corrected chi connectivity index (χ4v) is 3.89. The first-order valence-electron chi connectivity index (χ1n) is 5.83. The SMILES string of the molecule is Cc1cc(Br)c(NC(=O)C2(C)CCCS2)cc1Cl. The zero-order valence-electron chi connectivity index (χ0n) is 10.3. The molecule has 5 heteroatoms. The molecular formula is C13H15BrClNOS. The molecule has 0 aromatic heterocycles. The van der Waals surface area contributed by atoms with Crippen molar-refractivity contribution in [3.05, 3.63) is 27.2 Å². The summed E-state index contributed by atoms with van der Waals surface area (Å²) in [4.78, 5) is 12.3. The van der Waals surface area contributed by atoms with Crippen LogP contribution in [0.25, 0.3) is 0 Å². The number of benzene rings is 1. The first-order valence-corrected chi connectivity index (χ1v) is 7.99. The average Bonchev–Trinajstić information content (AvgIpc) is 2.74. The molecule has 1 aliphatic heterocycles. The molecule has 0 radical (unpaired) electrons. The Bertz CT molecular complexity index is 486. The molecule has 1 amide bonds. The zero-order valence-corrected chi connectivity index (χ0v) is 13.5. The topological polar surface area (TPSA) is 29.1 Å². The Labute approximate surface area is 125 Å².